The van der Waals surface area contributed by atoms with Gasteiger partial charge < -0.3 is 14.8 Å². The number of nitrogens with one attached hydrogen (secondary N) is 1. The molecule has 1 heterocycles. The largest absolute Gasteiger partial charge is 0.481 e. The molecule has 1 aromatic heterocycles. The first kappa shape index (κ1) is 17.2. The average molecular weight is 318 g/mol. The maximum absolute atomic E-state index is 11.8. The summed E-state index contributed by atoms with van der Waals surface area (Å²) < 4.78 is 29.6. The number of rotatable bonds is 7. The second-order valence-corrected chi connectivity index (χ2v) is 6.77. The van der Waals surface area contributed by atoms with E-state index in [4.69, 9.17) is 9.52 Å². The van der Waals surface area contributed by atoms with Crippen LogP contribution in [0.4, 0.5) is 0 Å². The maximum atomic E-state index is 11.8. The Morgan fingerprint density at radius 3 is 2.52 bits per heavy atom. The van der Waals surface area contributed by atoms with Gasteiger partial charge >= 0.3 is 5.97 Å². The molecule has 118 valence electrons. The van der Waals surface area contributed by atoms with E-state index >= 15 is 0 Å². The number of hydrogen-bond donors (Lipinski definition) is 2. The first-order chi connectivity index (χ1) is 9.66. The van der Waals surface area contributed by atoms with E-state index in [9.17, 15) is 18.0 Å². The van der Waals surface area contributed by atoms with E-state index in [1.165, 1.54) is 33.2 Å². The molecule has 0 spiro atoms. The zero-order valence-corrected chi connectivity index (χ0v) is 12.8. The molecule has 0 saturated heterocycles. The van der Waals surface area contributed by atoms with Crippen molar-refractivity contribution in [1.29, 1.82) is 0 Å². The van der Waals surface area contributed by atoms with Gasteiger partial charge in [-0.05, 0) is 18.6 Å². The molecule has 2 N–H and O–H groups in total. The summed E-state index contributed by atoms with van der Waals surface area (Å²) >= 11 is 0. The SMILES string of the molecule is CC(CCNC(=O)c1ccc(S(=O)(=O)N(C)C)o1)C(=O)O. The standard InChI is InChI=1S/C12H18N2O6S/c1-8(12(16)17)6-7-13-11(15)9-4-5-10(20-9)21(18,19)14(2)3/h4-5,8H,6-7H2,1-3H3,(H,13,15)(H,16,17). The third-order valence-corrected chi connectivity index (χ3v) is 4.51. The summed E-state index contributed by atoms with van der Waals surface area (Å²) in [5, 5.41) is 10.9. The molecule has 0 aromatic carbocycles. The lowest BCUT2D eigenvalue weighted by atomic mass is 10.1. The monoisotopic (exact) mass is 318 g/mol. The van der Waals surface area contributed by atoms with Crippen molar-refractivity contribution >= 4 is 21.9 Å². The highest BCUT2D eigenvalue weighted by Crippen LogP contribution is 2.16. The number of nitrogens with zero attached hydrogens (tertiary/aromatic N) is 1. The highest BCUT2D eigenvalue weighted by atomic mass is 32.2. The van der Waals surface area contributed by atoms with Gasteiger partial charge in [-0.2, -0.15) is 0 Å². The minimum absolute atomic E-state index is 0.140. The van der Waals surface area contributed by atoms with Crippen LogP contribution in [0.1, 0.15) is 23.9 Å². The Bertz CT molecular complexity index is 619. The number of amides is 1. The third kappa shape index (κ3) is 4.30. The van der Waals surface area contributed by atoms with Crippen molar-refractivity contribution in [3.8, 4) is 0 Å². The molecule has 0 aliphatic rings. The van der Waals surface area contributed by atoms with Gasteiger partial charge in [0.2, 0.25) is 5.09 Å². The van der Waals surface area contributed by atoms with Gasteiger partial charge in [-0.25, -0.2) is 12.7 Å². The van der Waals surface area contributed by atoms with Crippen LogP contribution in [0.5, 0.6) is 0 Å². The van der Waals surface area contributed by atoms with Crippen LogP contribution in [0.3, 0.4) is 0 Å². The van der Waals surface area contributed by atoms with Crippen molar-refractivity contribution in [1.82, 2.24) is 9.62 Å². The van der Waals surface area contributed by atoms with Gasteiger partial charge in [0.15, 0.2) is 5.76 Å². The molecule has 0 aliphatic carbocycles. The van der Waals surface area contributed by atoms with Gasteiger partial charge in [0.05, 0.1) is 5.92 Å². The Morgan fingerprint density at radius 1 is 1.38 bits per heavy atom. The van der Waals surface area contributed by atoms with E-state index < -0.39 is 27.8 Å². The number of carbonyl (C=O) groups is 2. The van der Waals surface area contributed by atoms with E-state index in [1.807, 2.05) is 0 Å². The average Bonchev–Trinajstić information content (AvgIpc) is 2.88. The molecule has 0 radical (unpaired) electrons. The van der Waals surface area contributed by atoms with Crippen LogP contribution >= 0.6 is 0 Å². The minimum Gasteiger partial charge on any atom is -0.481 e. The lowest BCUT2D eigenvalue weighted by Gasteiger charge is -2.08. The first-order valence-corrected chi connectivity index (χ1v) is 7.63. The van der Waals surface area contributed by atoms with Crippen molar-refractivity contribution in [3.05, 3.63) is 17.9 Å². The van der Waals surface area contributed by atoms with E-state index in [0.29, 0.717) is 0 Å². The number of sulfonamides is 1. The zero-order chi connectivity index (χ0) is 16.2. The van der Waals surface area contributed by atoms with Gasteiger partial charge in [0, 0.05) is 20.6 Å². The van der Waals surface area contributed by atoms with Gasteiger partial charge in [-0.3, -0.25) is 9.59 Å². The fourth-order valence-electron chi connectivity index (χ4n) is 1.37. The maximum Gasteiger partial charge on any atom is 0.306 e. The number of carbonyl (C=O) groups excluding carboxylic acids is 1. The topological polar surface area (TPSA) is 117 Å². The second kappa shape index (κ2) is 6.72. The van der Waals surface area contributed by atoms with Crippen LogP contribution < -0.4 is 5.32 Å². The summed E-state index contributed by atoms with van der Waals surface area (Å²) in [6.45, 7) is 1.69. The molecule has 0 bridgehead atoms. The van der Waals surface area contributed by atoms with Crippen LogP contribution in [0.2, 0.25) is 0 Å². The summed E-state index contributed by atoms with van der Waals surface area (Å²) in [5.41, 5.74) is 0. The predicted octanol–water partition coefficient (Wildman–Crippen LogP) is 0.370. The fourth-order valence-corrected chi connectivity index (χ4v) is 2.17. The number of carboxylic acids is 1. The van der Waals surface area contributed by atoms with Gasteiger partial charge in [0.1, 0.15) is 0 Å². The summed E-state index contributed by atoms with van der Waals surface area (Å²) in [5.74, 6) is -2.25. The number of furan rings is 1. The van der Waals surface area contributed by atoms with Crippen LogP contribution in [0, 0.1) is 5.92 Å². The van der Waals surface area contributed by atoms with Crippen molar-refractivity contribution < 1.29 is 27.5 Å². The van der Waals surface area contributed by atoms with Crippen LogP contribution in [-0.4, -0.2) is 50.3 Å². The molecule has 1 amide bonds. The van der Waals surface area contributed by atoms with Crippen molar-refractivity contribution in [3.63, 3.8) is 0 Å². The molecule has 21 heavy (non-hydrogen) atoms. The number of carboxylic acid groups (broad SMARTS) is 1. The van der Waals surface area contributed by atoms with Crippen molar-refractivity contribution in [2.75, 3.05) is 20.6 Å². The molecule has 0 saturated carbocycles. The van der Waals surface area contributed by atoms with E-state index in [1.54, 1.807) is 0 Å². The molecular formula is C12H18N2O6S. The molecule has 0 aliphatic heterocycles. The van der Waals surface area contributed by atoms with Crippen LogP contribution in [0.15, 0.2) is 21.6 Å². The molecule has 1 unspecified atom stereocenters. The summed E-state index contributed by atoms with van der Waals surface area (Å²) in [6.07, 6.45) is 0.268. The Hall–Kier alpha value is -1.87. The number of hydrogen-bond acceptors (Lipinski definition) is 5. The highest BCUT2D eigenvalue weighted by molar-refractivity contribution is 7.88. The summed E-state index contributed by atoms with van der Waals surface area (Å²) in [4.78, 5) is 22.4. The highest BCUT2D eigenvalue weighted by Gasteiger charge is 2.23. The lowest BCUT2D eigenvalue weighted by Crippen LogP contribution is -2.26. The summed E-state index contributed by atoms with van der Waals surface area (Å²) in [6, 6.07) is 2.45. The minimum atomic E-state index is -3.73. The molecule has 1 aromatic rings. The second-order valence-electron chi connectivity index (χ2n) is 4.69. The first-order valence-electron chi connectivity index (χ1n) is 6.19. The molecule has 1 atom stereocenters. The van der Waals surface area contributed by atoms with Gasteiger partial charge in [-0.1, -0.05) is 6.92 Å². The Kier molecular flexibility index (Phi) is 5.50. The van der Waals surface area contributed by atoms with Crippen LogP contribution in [0.25, 0.3) is 0 Å². The van der Waals surface area contributed by atoms with E-state index in [-0.39, 0.29) is 23.8 Å². The van der Waals surface area contributed by atoms with Gasteiger partial charge in [0.25, 0.3) is 15.9 Å². The summed E-state index contributed by atoms with van der Waals surface area (Å²) in [7, 11) is -1.02. The van der Waals surface area contributed by atoms with Crippen molar-refractivity contribution in [2.24, 2.45) is 5.92 Å². The van der Waals surface area contributed by atoms with E-state index in [2.05, 4.69) is 5.32 Å². The zero-order valence-electron chi connectivity index (χ0n) is 12.0. The molecule has 8 nitrogen and oxygen atoms in total. The smallest absolute Gasteiger partial charge is 0.306 e. The fraction of sp³-hybridized carbons (Fsp3) is 0.500. The molecule has 0 fully saturated rings. The normalized spacial score (nSPS) is 13.1. The Morgan fingerprint density at radius 2 is 2.00 bits per heavy atom. The predicted molar refractivity (Wildman–Crippen MR) is 73.3 cm³/mol. The Labute approximate surface area is 122 Å². The Balaban J connectivity index is 2.65. The van der Waals surface area contributed by atoms with E-state index in [0.717, 1.165) is 4.31 Å². The van der Waals surface area contributed by atoms with Gasteiger partial charge in [-0.15, -0.1) is 0 Å². The lowest BCUT2D eigenvalue weighted by molar-refractivity contribution is -0.141. The molecule has 9 heteroatoms. The third-order valence-electron chi connectivity index (χ3n) is 2.82. The molecule has 1 rings (SSSR count). The van der Waals surface area contributed by atoms with Crippen molar-refractivity contribution in [2.45, 2.75) is 18.4 Å². The number of aliphatic carboxylic acids is 1. The quantitative estimate of drug-likeness (QED) is 0.750. The molecular weight excluding hydrogens is 300 g/mol. The van der Waals surface area contributed by atoms with Crippen LogP contribution in [-0.2, 0) is 14.8 Å².